The molecule has 4 aromatic rings. The van der Waals surface area contributed by atoms with Crippen molar-refractivity contribution in [1.82, 2.24) is 25.6 Å². The number of nitrogens with zero attached hydrogens (tertiary/aromatic N) is 3. The Morgan fingerprint density at radius 2 is 1.89 bits per heavy atom. The summed E-state index contributed by atoms with van der Waals surface area (Å²) >= 11 is 1.52. The predicted octanol–water partition coefficient (Wildman–Crippen LogP) is 2.68. The highest BCUT2D eigenvalue weighted by Crippen LogP contribution is 2.38. The molecule has 2 aliphatic heterocycles. The van der Waals surface area contributed by atoms with Crippen LogP contribution in [0.4, 0.5) is 5.95 Å². The average molecular weight is 503 g/mol. The maximum Gasteiger partial charge on any atom is 0.261 e. The van der Waals surface area contributed by atoms with Gasteiger partial charge < -0.3 is 20.3 Å². The summed E-state index contributed by atoms with van der Waals surface area (Å²) in [5.74, 6) is -0.324. The van der Waals surface area contributed by atoms with E-state index in [-0.39, 0.29) is 17.7 Å². The number of imide groups is 1. The number of piperidine rings is 1. The molecule has 10 heteroatoms. The van der Waals surface area contributed by atoms with Crippen molar-refractivity contribution in [3.63, 3.8) is 0 Å². The van der Waals surface area contributed by atoms with Crippen LogP contribution in [-0.4, -0.2) is 63.7 Å². The number of aromatic nitrogens is 3. The highest BCUT2D eigenvalue weighted by molar-refractivity contribution is 7.17. The van der Waals surface area contributed by atoms with Crippen LogP contribution in [0.15, 0.2) is 41.9 Å². The zero-order valence-corrected chi connectivity index (χ0v) is 20.6. The summed E-state index contributed by atoms with van der Waals surface area (Å²) in [6, 6.07) is 9.54. The highest BCUT2D eigenvalue weighted by atomic mass is 32.1. The first-order valence-corrected chi connectivity index (χ1v) is 12.9. The van der Waals surface area contributed by atoms with E-state index in [0.29, 0.717) is 29.3 Å². The van der Waals surface area contributed by atoms with Gasteiger partial charge in [0, 0.05) is 42.3 Å². The normalized spacial score (nSPS) is 18.0. The lowest BCUT2D eigenvalue weighted by Crippen LogP contribution is -2.52. The van der Waals surface area contributed by atoms with Crippen molar-refractivity contribution < 1.29 is 14.7 Å². The number of nitrogens with one attached hydrogen (secondary N) is 3. The zero-order chi connectivity index (χ0) is 24.9. The zero-order valence-electron chi connectivity index (χ0n) is 19.8. The van der Waals surface area contributed by atoms with Crippen molar-refractivity contribution in [3.8, 4) is 0 Å². The van der Waals surface area contributed by atoms with E-state index in [2.05, 4.69) is 27.4 Å². The number of carbonyl (C=O) groups is 2. The second-order valence-corrected chi connectivity index (χ2v) is 10.4. The molecular weight excluding hydrogens is 476 g/mol. The van der Waals surface area contributed by atoms with Gasteiger partial charge in [0.25, 0.3) is 11.8 Å². The Balaban J connectivity index is 1.47. The monoisotopic (exact) mass is 502 g/mol. The van der Waals surface area contributed by atoms with E-state index in [1.54, 1.807) is 6.20 Å². The van der Waals surface area contributed by atoms with Gasteiger partial charge in [-0.3, -0.25) is 14.9 Å². The van der Waals surface area contributed by atoms with Gasteiger partial charge in [-0.25, -0.2) is 9.97 Å². The van der Waals surface area contributed by atoms with Crippen molar-refractivity contribution in [2.45, 2.75) is 25.3 Å². The lowest BCUT2D eigenvalue weighted by molar-refractivity contribution is -0.122. The minimum atomic E-state index is -0.449. The second kappa shape index (κ2) is 8.81. The maximum absolute atomic E-state index is 13.2. The standard InChI is InChI=1S/C26H26N6O3S/c1-26(28-9-12-33)7-10-32(11-8-26)25-29-17-5-3-2-4-15(17)21(30-25)20-19(23(34)31-24(20)35)16-14-27-18-6-13-36-22(16)18/h2-6,13-14,27-28,33H,7-12H2,1H3,(H,31,34,35). The third-order valence-corrected chi connectivity index (χ3v) is 8.07. The van der Waals surface area contributed by atoms with Crippen molar-refractivity contribution in [2.24, 2.45) is 0 Å². The number of thiophene rings is 1. The van der Waals surface area contributed by atoms with Crippen molar-refractivity contribution >= 4 is 61.4 Å². The predicted molar refractivity (Wildman–Crippen MR) is 141 cm³/mol. The fourth-order valence-electron chi connectivity index (χ4n) is 5.10. The van der Waals surface area contributed by atoms with E-state index in [9.17, 15) is 14.7 Å². The minimum absolute atomic E-state index is 0.0628. The van der Waals surface area contributed by atoms with E-state index >= 15 is 0 Å². The largest absolute Gasteiger partial charge is 0.395 e. The van der Waals surface area contributed by atoms with Crippen LogP contribution in [0.5, 0.6) is 0 Å². The molecule has 1 aromatic carbocycles. The average Bonchev–Trinajstić information content (AvgIpc) is 3.57. The maximum atomic E-state index is 13.2. The quantitative estimate of drug-likeness (QED) is 0.299. The lowest BCUT2D eigenvalue weighted by atomic mass is 9.89. The number of aliphatic hydroxyl groups excluding tert-OH is 1. The molecule has 0 unspecified atom stereocenters. The Bertz CT molecular complexity index is 1530. The van der Waals surface area contributed by atoms with Crippen LogP contribution in [0.1, 0.15) is 31.0 Å². The molecule has 2 aliphatic rings. The molecule has 0 radical (unpaired) electrons. The van der Waals surface area contributed by atoms with Gasteiger partial charge in [-0.15, -0.1) is 11.3 Å². The Hall–Kier alpha value is -3.60. The molecule has 36 heavy (non-hydrogen) atoms. The van der Waals surface area contributed by atoms with Crippen LogP contribution in [0.2, 0.25) is 0 Å². The van der Waals surface area contributed by atoms with Gasteiger partial charge in [-0.05, 0) is 37.3 Å². The summed E-state index contributed by atoms with van der Waals surface area (Å²) in [4.78, 5) is 41.3. The topological polar surface area (TPSA) is 123 Å². The van der Waals surface area contributed by atoms with Crippen LogP contribution in [-0.2, 0) is 9.59 Å². The molecule has 3 aromatic heterocycles. The first-order chi connectivity index (χ1) is 17.5. The number of benzene rings is 1. The summed E-state index contributed by atoms with van der Waals surface area (Å²) in [7, 11) is 0. The molecule has 0 bridgehead atoms. The summed E-state index contributed by atoms with van der Waals surface area (Å²) < 4.78 is 0.927. The van der Waals surface area contributed by atoms with Crippen LogP contribution in [0.25, 0.3) is 32.3 Å². The van der Waals surface area contributed by atoms with Crippen molar-refractivity contribution in [2.75, 3.05) is 31.1 Å². The van der Waals surface area contributed by atoms with Crippen LogP contribution >= 0.6 is 11.3 Å². The third-order valence-electron chi connectivity index (χ3n) is 7.12. The Labute approximate surface area is 211 Å². The van der Waals surface area contributed by atoms with Gasteiger partial charge in [0.2, 0.25) is 5.95 Å². The second-order valence-electron chi connectivity index (χ2n) is 9.49. The first-order valence-electron chi connectivity index (χ1n) is 12.0. The summed E-state index contributed by atoms with van der Waals surface area (Å²) in [6.07, 6.45) is 3.51. The lowest BCUT2D eigenvalue weighted by Gasteiger charge is -2.40. The van der Waals surface area contributed by atoms with Crippen molar-refractivity contribution in [1.29, 1.82) is 0 Å². The number of carbonyl (C=O) groups excluding carboxylic acids is 2. The SMILES string of the molecule is CC1(NCCO)CCN(c2nc(C3=C(c4c[nH]c5ccsc45)C(=O)NC3=O)c3ccccc3n2)CC1. The fraction of sp³-hybridized carbons (Fsp3) is 0.308. The summed E-state index contributed by atoms with van der Waals surface area (Å²) in [6.45, 7) is 4.30. The number of anilines is 1. The minimum Gasteiger partial charge on any atom is -0.395 e. The van der Waals surface area contributed by atoms with Gasteiger partial charge in [0.1, 0.15) is 0 Å². The number of β-amino-alcohol motifs (C(OH)–C–C–N with tert-alkyl or cyclic N) is 1. The molecule has 5 heterocycles. The van der Waals surface area contributed by atoms with Gasteiger partial charge in [-0.2, -0.15) is 0 Å². The number of rotatable bonds is 6. The molecule has 1 fully saturated rings. The van der Waals surface area contributed by atoms with Crippen LogP contribution in [0, 0.1) is 0 Å². The Morgan fingerprint density at radius 3 is 2.69 bits per heavy atom. The fourth-order valence-corrected chi connectivity index (χ4v) is 5.98. The molecule has 0 saturated carbocycles. The van der Waals surface area contributed by atoms with Gasteiger partial charge in [0.05, 0.1) is 39.2 Å². The van der Waals surface area contributed by atoms with E-state index in [4.69, 9.17) is 9.97 Å². The molecule has 0 spiro atoms. The van der Waals surface area contributed by atoms with E-state index in [0.717, 1.165) is 47.1 Å². The summed E-state index contributed by atoms with van der Waals surface area (Å²) in [5.41, 5.74) is 3.36. The smallest absolute Gasteiger partial charge is 0.261 e. The van der Waals surface area contributed by atoms with E-state index in [1.807, 2.05) is 35.7 Å². The van der Waals surface area contributed by atoms with Crippen LogP contribution < -0.4 is 15.5 Å². The number of amides is 2. The Kier molecular flexibility index (Phi) is 5.59. The number of H-pyrrole nitrogens is 1. The number of hydrogen-bond donors (Lipinski definition) is 4. The van der Waals surface area contributed by atoms with Gasteiger partial charge >= 0.3 is 0 Å². The van der Waals surface area contributed by atoms with E-state index < -0.39 is 11.8 Å². The number of para-hydroxylation sites is 1. The molecule has 9 nitrogen and oxygen atoms in total. The molecule has 0 aliphatic carbocycles. The molecule has 2 amide bonds. The molecule has 4 N–H and O–H groups in total. The molecular formula is C26H26N6O3S. The number of aliphatic hydroxyl groups is 1. The number of aromatic amines is 1. The number of hydrogen-bond acceptors (Lipinski definition) is 8. The summed E-state index contributed by atoms with van der Waals surface area (Å²) in [5, 5.41) is 17.8. The number of fused-ring (bicyclic) bond motifs is 2. The van der Waals surface area contributed by atoms with E-state index in [1.165, 1.54) is 11.3 Å². The van der Waals surface area contributed by atoms with Gasteiger partial charge in [-0.1, -0.05) is 18.2 Å². The first kappa shape index (κ1) is 22.8. The van der Waals surface area contributed by atoms with Crippen LogP contribution in [0.3, 0.4) is 0 Å². The molecule has 1 saturated heterocycles. The molecule has 184 valence electrons. The van der Waals surface area contributed by atoms with Gasteiger partial charge in [0.15, 0.2) is 0 Å². The Morgan fingerprint density at radius 1 is 1.11 bits per heavy atom. The highest BCUT2D eigenvalue weighted by Gasteiger charge is 2.36. The molecule has 0 atom stereocenters. The third kappa shape index (κ3) is 3.78. The van der Waals surface area contributed by atoms with Crippen molar-refractivity contribution in [3.05, 3.63) is 53.2 Å². The molecule has 6 rings (SSSR count).